The number of anilines is 1. The molecule has 0 saturated heterocycles. The van der Waals surface area contributed by atoms with Crippen LogP contribution in [0.5, 0.6) is 0 Å². The normalized spacial score (nSPS) is 10.1. The van der Waals surface area contributed by atoms with Gasteiger partial charge in [-0.15, -0.1) is 0 Å². The molecule has 1 amide bonds. The number of aliphatic hydroxyl groups is 1. The number of carbonyl (C=O) groups is 1. The lowest BCUT2D eigenvalue weighted by Crippen LogP contribution is -2.14. The molecule has 2 N–H and O–H groups in total. The van der Waals surface area contributed by atoms with E-state index in [1.807, 2.05) is 0 Å². The monoisotopic (exact) mass is 246 g/mol. The van der Waals surface area contributed by atoms with Gasteiger partial charge >= 0.3 is 0 Å². The summed E-state index contributed by atoms with van der Waals surface area (Å²) in [7, 11) is 0. The van der Waals surface area contributed by atoms with Gasteiger partial charge in [0, 0.05) is 17.3 Å². The Morgan fingerprint density at radius 1 is 1.28 bits per heavy atom. The Balaban J connectivity index is 2.18. The minimum atomic E-state index is -0.402. The average molecular weight is 246 g/mol. The largest absolute Gasteiger partial charge is 0.392 e. The van der Waals surface area contributed by atoms with E-state index in [2.05, 4.69) is 10.3 Å². The second-order valence-corrected chi connectivity index (χ2v) is 3.63. The number of aromatic nitrogens is 1. The molecule has 0 bridgehead atoms. The van der Waals surface area contributed by atoms with Crippen LogP contribution in [0, 0.1) is 5.82 Å². The minimum Gasteiger partial charge on any atom is -0.392 e. The summed E-state index contributed by atoms with van der Waals surface area (Å²) in [5, 5.41) is 11.7. The van der Waals surface area contributed by atoms with Crippen molar-refractivity contribution in [3.05, 3.63) is 59.5 Å². The van der Waals surface area contributed by atoms with E-state index in [1.165, 1.54) is 30.5 Å². The highest BCUT2D eigenvalue weighted by Gasteiger charge is 2.09. The smallest absolute Gasteiger partial charge is 0.256 e. The molecular weight excluding hydrogens is 235 g/mol. The molecule has 1 aromatic carbocycles. The summed E-state index contributed by atoms with van der Waals surface area (Å²) in [6, 6.07) is 8.51. The van der Waals surface area contributed by atoms with Crippen LogP contribution < -0.4 is 5.32 Å². The highest BCUT2D eigenvalue weighted by molar-refractivity contribution is 6.04. The number of pyridine rings is 1. The fourth-order valence-corrected chi connectivity index (χ4v) is 1.46. The van der Waals surface area contributed by atoms with Gasteiger partial charge in [-0.2, -0.15) is 0 Å². The van der Waals surface area contributed by atoms with Crippen LogP contribution >= 0.6 is 0 Å². The number of hydrogen-bond acceptors (Lipinski definition) is 3. The van der Waals surface area contributed by atoms with Crippen molar-refractivity contribution in [2.75, 3.05) is 5.32 Å². The van der Waals surface area contributed by atoms with Gasteiger partial charge in [0.25, 0.3) is 5.91 Å². The van der Waals surface area contributed by atoms with Crippen molar-refractivity contribution in [2.24, 2.45) is 0 Å². The fourth-order valence-electron chi connectivity index (χ4n) is 1.46. The van der Waals surface area contributed by atoms with E-state index in [0.29, 0.717) is 16.9 Å². The van der Waals surface area contributed by atoms with Crippen molar-refractivity contribution in [1.82, 2.24) is 4.98 Å². The van der Waals surface area contributed by atoms with E-state index in [4.69, 9.17) is 5.11 Å². The molecule has 0 spiro atoms. The lowest BCUT2D eigenvalue weighted by atomic mass is 10.2. The number of nitrogens with one attached hydrogen (secondary N) is 1. The third-order valence-corrected chi connectivity index (χ3v) is 2.40. The zero-order valence-corrected chi connectivity index (χ0v) is 9.43. The molecule has 1 aromatic heterocycles. The minimum absolute atomic E-state index is 0.215. The Bertz CT molecular complexity index is 555. The summed E-state index contributed by atoms with van der Waals surface area (Å²) in [4.78, 5) is 15.8. The lowest BCUT2D eigenvalue weighted by molar-refractivity contribution is 0.102. The molecule has 2 aromatic rings. The quantitative estimate of drug-likeness (QED) is 0.870. The van der Waals surface area contributed by atoms with Crippen molar-refractivity contribution < 1.29 is 14.3 Å². The third-order valence-electron chi connectivity index (χ3n) is 2.40. The fraction of sp³-hybridized carbons (Fsp3) is 0.0769. The summed E-state index contributed by atoms with van der Waals surface area (Å²) < 4.78 is 12.7. The highest BCUT2D eigenvalue weighted by Crippen LogP contribution is 2.13. The highest BCUT2D eigenvalue weighted by atomic mass is 19.1. The zero-order valence-electron chi connectivity index (χ0n) is 9.43. The molecule has 0 unspecified atom stereocenters. The summed E-state index contributed by atoms with van der Waals surface area (Å²) >= 11 is 0. The molecule has 0 aliphatic carbocycles. The number of aliphatic hydroxyl groups excluding tert-OH is 1. The maximum absolute atomic E-state index is 12.7. The second kappa shape index (κ2) is 5.37. The third kappa shape index (κ3) is 2.70. The van der Waals surface area contributed by atoms with Crippen LogP contribution in [-0.2, 0) is 6.61 Å². The van der Waals surface area contributed by atoms with Gasteiger partial charge in [-0.3, -0.25) is 4.79 Å². The van der Waals surface area contributed by atoms with Crippen LogP contribution in [0.3, 0.4) is 0 Å². The Hall–Kier alpha value is -2.27. The van der Waals surface area contributed by atoms with Crippen molar-refractivity contribution in [1.29, 1.82) is 0 Å². The number of hydrogen-bond donors (Lipinski definition) is 2. The number of halogens is 1. The van der Waals surface area contributed by atoms with Crippen LogP contribution in [0.1, 0.15) is 15.9 Å². The lowest BCUT2D eigenvalue weighted by Gasteiger charge is -2.07. The molecule has 0 atom stereocenters. The number of benzene rings is 1. The van der Waals surface area contributed by atoms with Crippen molar-refractivity contribution >= 4 is 11.7 Å². The molecule has 0 aliphatic heterocycles. The number of rotatable bonds is 3. The van der Waals surface area contributed by atoms with Crippen molar-refractivity contribution in [2.45, 2.75) is 6.61 Å². The van der Waals surface area contributed by atoms with Gasteiger partial charge in [0.15, 0.2) is 0 Å². The SMILES string of the molecule is O=C(Nc1ncccc1CO)c1ccc(F)cc1. The Morgan fingerprint density at radius 2 is 2.00 bits per heavy atom. The Morgan fingerprint density at radius 3 is 2.67 bits per heavy atom. The first-order valence-corrected chi connectivity index (χ1v) is 5.32. The van der Waals surface area contributed by atoms with Crippen LogP contribution in [0.4, 0.5) is 10.2 Å². The van der Waals surface area contributed by atoms with E-state index in [1.54, 1.807) is 12.1 Å². The van der Waals surface area contributed by atoms with E-state index in [0.717, 1.165) is 0 Å². The van der Waals surface area contributed by atoms with Gasteiger partial charge in [0.1, 0.15) is 11.6 Å². The Kier molecular flexibility index (Phi) is 3.64. The van der Waals surface area contributed by atoms with Gasteiger partial charge < -0.3 is 10.4 Å². The topological polar surface area (TPSA) is 62.2 Å². The predicted octanol–water partition coefficient (Wildman–Crippen LogP) is 1.97. The molecule has 0 saturated carbocycles. The molecule has 5 heteroatoms. The van der Waals surface area contributed by atoms with E-state index in [-0.39, 0.29) is 6.61 Å². The van der Waals surface area contributed by atoms with E-state index < -0.39 is 11.7 Å². The van der Waals surface area contributed by atoms with Gasteiger partial charge in [-0.25, -0.2) is 9.37 Å². The van der Waals surface area contributed by atoms with Crippen LogP contribution in [0.15, 0.2) is 42.6 Å². The first-order chi connectivity index (χ1) is 8.70. The first-order valence-electron chi connectivity index (χ1n) is 5.32. The molecule has 4 nitrogen and oxygen atoms in total. The summed E-state index contributed by atoms with van der Waals surface area (Å²) in [5.74, 6) is -0.502. The molecule has 0 fully saturated rings. The molecule has 18 heavy (non-hydrogen) atoms. The Labute approximate surface area is 103 Å². The summed E-state index contributed by atoms with van der Waals surface area (Å²) in [6.45, 7) is -0.215. The molecular formula is C13H11FN2O2. The number of carbonyl (C=O) groups excluding carboxylic acids is 1. The molecule has 0 radical (unpaired) electrons. The van der Waals surface area contributed by atoms with E-state index in [9.17, 15) is 9.18 Å². The van der Waals surface area contributed by atoms with Crippen molar-refractivity contribution in [3.63, 3.8) is 0 Å². The van der Waals surface area contributed by atoms with Gasteiger partial charge in [-0.1, -0.05) is 6.07 Å². The van der Waals surface area contributed by atoms with Crippen LogP contribution in [0.25, 0.3) is 0 Å². The van der Waals surface area contributed by atoms with Crippen LogP contribution in [-0.4, -0.2) is 16.0 Å². The van der Waals surface area contributed by atoms with E-state index >= 15 is 0 Å². The molecule has 2 rings (SSSR count). The first kappa shape index (κ1) is 12.2. The standard InChI is InChI=1S/C13H11FN2O2/c14-11-5-3-9(4-6-11)13(18)16-12-10(8-17)2-1-7-15-12/h1-7,17H,8H2,(H,15,16,18). The number of nitrogens with zero attached hydrogens (tertiary/aromatic N) is 1. The average Bonchev–Trinajstić information content (AvgIpc) is 2.40. The maximum Gasteiger partial charge on any atom is 0.256 e. The number of amides is 1. The summed E-state index contributed by atoms with van der Waals surface area (Å²) in [6.07, 6.45) is 1.51. The van der Waals surface area contributed by atoms with Crippen LogP contribution in [0.2, 0.25) is 0 Å². The molecule has 1 heterocycles. The van der Waals surface area contributed by atoms with Gasteiger partial charge in [-0.05, 0) is 30.3 Å². The van der Waals surface area contributed by atoms with Gasteiger partial charge in [0.05, 0.1) is 6.61 Å². The predicted molar refractivity (Wildman–Crippen MR) is 64.5 cm³/mol. The maximum atomic E-state index is 12.7. The second-order valence-electron chi connectivity index (χ2n) is 3.63. The zero-order chi connectivity index (χ0) is 13.0. The van der Waals surface area contributed by atoms with Gasteiger partial charge in [0.2, 0.25) is 0 Å². The molecule has 92 valence electrons. The molecule has 0 aliphatic rings. The van der Waals surface area contributed by atoms with Crippen molar-refractivity contribution in [3.8, 4) is 0 Å². The summed E-state index contributed by atoms with van der Waals surface area (Å²) in [5.41, 5.74) is 0.846.